The molecule has 0 aliphatic carbocycles. The zero-order valence-electron chi connectivity index (χ0n) is 11.0. The molecule has 0 spiro atoms. The zero-order chi connectivity index (χ0) is 13.5. The Morgan fingerprint density at radius 1 is 1.44 bits per heavy atom. The van der Waals surface area contributed by atoms with Crippen LogP contribution >= 0.6 is 11.6 Å². The molecule has 0 amide bonds. The van der Waals surface area contributed by atoms with Gasteiger partial charge in [0.1, 0.15) is 0 Å². The van der Waals surface area contributed by atoms with E-state index in [1.807, 2.05) is 57.2 Å². The van der Waals surface area contributed by atoms with Crippen molar-refractivity contribution < 1.29 is 9.53 Å². The topological polar surface area (TPSA) is 26.3 Å². The Hall–Kier alpha value is -1.28. The van der Waals surface area contributed by atoms with E-state index in [9.17, 15) is 4.79 Å². The maximum absolute atomic E-state index is 11.8. The molecule has 0 saturated carbocycles. The van der Waals surface area contributed by atoms with Crippen LogP contribution in [0.15, 0.2) is 30.3 Å². The lowest BCUT2D eigenvalue weighted by atomic mass is 9.95. The minimum absolute atomic E-state index is 0.175. The largest absolute Gasteiger partial charge is 0.466 e. The molecule has 0 heterocycles. The van der Waals surface area contributed by atoms with Gasteiger partial charge in [0.05, 0.1) is 12.5 Å². The number of hydrogen-bond donors (Lipinski definition) is 0. The summed E-state index contributed by atoms with van der Waals surface area (Å²) in [5.41, 5.74) is 0.984. The highest BCUT2D eigenvalue weighted by molar-refractivity contribution is 6.30. The molecule has 1 rings (SSSR count). The number of ether oxygens (including phenoxy) is 1. The summed E-state index contributed by atoms with van der Waals surface area (Å²) in [5.74, 6) is -0.186. The molecular weight excluding hydrogens is 248 g/mol. The molecule has 0 aliphatic heterocycles. The van der Waals surface area contributed by atoms with Crippen molar-refractivity contribution in [3.05, 3.63) is 40.9 Å². The Kier molecular flexibility index (Phi) is 5.93. The van der Waals surface area contributed by atoms with E-state index in [1.54, 1.807) is 0 Å². The summed E-state index contributed by atoms with van der Waals surface area (Å²) in [6.45, 7) is 6.23. The van der Waals surface area contributed by atoms with E-state index in [2.05, 4.69) is 0 Å². The van der Waals surface area contributed by atoms with Crippen molar-refractivity contribution in [2.45, 2.75) is 20.8 Å². The number of esters is 1. The first-order valence-corrected chi connectivity index (χ1v) is 6.52. The second kappa shape index (κ2) is 7.22. The number of halogens is 1. The van der Waals surface area contributed by atoms with Crippen molar-refractivity contribution in [3.8, 4) is 0 Å². The average molecular weight is 267 g/mol. The van der Waals surface area contributed by atoms with Gasteiger partial charge in [-0.15, -0.1) is 0 Å². The predicted molar refractivity (Wildman–Crippen MR) is 75.4 cm³/mol. The van der Waals surface area contributed by atoms with Crippen LogP contribution < -0.4 is 0 Å². The Labute approximate surface area is 114 Å². The van der Waals surface area contributed by atoms with Crippen LogP contribution in [0, 0.1) is 11.8 Å². The summed E-state index contributed by atoms with van der Waals surface area (Å²) in [5, 5.41) is 0.689. The van der Waals surface area contributed by atoms with Gasteiger partial charge >= 0.3 is 5.97 Å². The van der Waals surface area contributed by atoms with Crippen LogP contribution in [0.4, 0.5) is 0 Å². The molecule has 0 radical (unpaired) electrons. The molecule has 2 nitrogen and oxygen atoms in total. The fourth-order valence-electron chi connectivity index (χ4n) is 1.64. The number of carbonyl (C=O) groups is 1. The highest BCUT2D eigenvalue weighted by atomic mass is 35.5. The molecule has 0 bridgehead atoms. The second-order valence-corrected chi connectivity index (χ2v) is 4.87. The van der Waals surface area contributed by atoms with Gasteiger partial charge in [0.25, 0.3) is 0 Å². The minimum Gasteiger partial charge on any atom is -0.466 e. The molecule has 0 saturated heterocycles. The lowest BCUT2D eigenvalue weighted by Gasteiger charge is -2.15. The van der Waals surface area contributed by atoms with E-state index < -0.39 is 0 Å². The van der Waals surface area contributed by atoms with Crippen LogP contribution in [0.5, 0.6) is 0 Å². The van der Waals surface area contributed by atoms with Crippen molar-refractivity contribution in [1.82, 2.24) is 0 Å². The molecular formula is C15H19ClO2. The predicted octanol–water partition coefficient (Wildman–Crippen LogP) is 4.19. The Morgan fingerprint density at radius 2 is 2.17 bits per heavy atom. The lowest BCUT2D eigenvalue weighted by molar-refractivity contribution is -0.147. The summed E-state index contributed by atoms with van der Waals surface area (Å²) < 4.78 is 5.06. The van der Waals surface area contributed by atoms with Crippen molar-refractivity contribution in [3.63, 3.8) is 0 Å². The molecule has 0 aromatic heterocycles. The van der Waals surface area contributed by atoms with Gasteiger partial charge in [-0.25, -0.2) is 0 Å². The van der Waals surface area contributed by atoms with Crippen LogP contribution in [0.3, 0.4) is 0 Å². The van der Waals surface area contributed by atoms with Gasteiger partial charge in [0, 0.05) is 5.02 Å². The Bertz CT molecular complexity index is 424. The summed E-state index contributed by atoms with van der Waals surface area (Å²) in [6, 6.07) is 7.52. The first-order valence-electron chi connectivity index (χ1n) is 6.15. The van der Waals surface area contributed by atoms with E-state index in [0.717, 1.165) is 5.56 Å². The van der Waals surface area contributed by atoms with Gasteiger partial charge in [0.15, 0.2) is 0 Å². The van der Waals surface area contributed by atoms with E-state index in [4.69, 9.17) is 16.3 Å². The Balaban J connectivity index is 2.80. The summed E-state index contributed by atoms with van der Waals surface area (Å²) in [7, 11) is 0. The Morgan fingerprint density at radius 3 is 2.72 bits per heavy atom. The second-order valence-electron chi connectivity index (χ2n) is 4.44. The fourth-order valence-corrected chi connectivity index (χ4v) is 1.84. The maximum atomic E-state index is 11.8. The normalized spacial score (nSPS) is 12.9. The van der Waals surface area contributed by atoms with Gasteiger partial charge in [-0.1, -0.05) is 49.7 Å². The molecule has 1 aromatic rings. The summed E-state index contributed by atoms with van der Waals surface area (Å²) in [6.07, 6.45) is 3.79. The lowest BCUT2D eigenvalue weighted by Crippen LogP contribution is -2.20. The fraction of sp³-hybridized carbons (Fsp3) is 0.400. The first-order chi connectivity index (χ1) is 8.54. The van der Waals surface area contributed by atoms with Gasteiger partial charge in [-0.3, -0.25) is 4.79 Å². The van der Waals surface area contributed by atoms with Crippen LogP contribution in [0.25, 0.3) is 6.08 Å². The number of rotatable bonds is 5. The van der Waals surface area contributed by atoms with E-state index in [1.165, 1.54) is 0 Å². The van der Waals surface area contributed by atoms with Crippen molar-refractivity contribution in [2.75, 3.05) is 6.61 Å². The van der Waals surface area contributed by atoms with E-state index in [0.29, 0.717) is 11.6 Å². The number of carbonyl (C=O) groups excluding carboxylic acids is 1. The third-order valence-electron chi connectivity index (χ3n) is 2.62. The summed E-state index contributed by atoms with van der Waals surface area (Å²) in [4.78, 5) is 11.8. The zero-order valence-corrected chi connectivity index (χ0v) is 11.8. The first kappa shape index (κ1) is 14.8. The smallest absolute Gasteiger partial charge is 0.313 e. The van der Waals surface area contributed by atoms with Crippen LogP contribution in [-0.4, -0.2) is 12.6 Å². The average Bonchev–Trinajstić information content (AvgIpc) is 2.29. The van der Waals surface area contributed by atoms with Gasteiger partial charge in [-0.05, 0) is 30.5 Å². The molecule has 3 heteroatoms. The van der Waals surface area contributed by atoms with Gasteiger partial charge < -0.3 is 4.74 Å². The van der Waals surface area contributed by atoms with Crippen molar-refractivity contribution >= 4 is 23.6 Å². The highest BCUT2D eigenvalue weighted by Gasteiger charge is 2.20. The molecule has 0 N–H and O–H groups in total. The number of hydrogen-bond acceptors (Lipinski definition) is 2. The van der Waals surface area contributed by atoms with Crippen LogP contribution in [-0.2, 0) is 9.53 Å². The number of benzene rings is 1. The highest BCUT2D eigenvalue weighted by Crippen LogP contribution is 2.18. The molecule has 0 aliphatic rings. The maximum Gasteiger partial charge on any atom is 0.313 e. The minimum atomic E-state index is -0.219. The van der Waals surface area contributed by atoms with Crippen LogP contribution in [0.1, 0.15) is 26.3 Å². The standard InChI is InChI=1S/C15H19ClO2/c1-4-18-15(17)14(11(2)3)9-8-12-6-5-7-13(16)10-12/h5-11,14H,4H2,1-3H3. The van der Waals surface area contributed by atoms with Crippen LogP contribution in [0.2, 0.25) is 5.02 Å². The third kappa shape index (κ3) is 4.53. The molecule has 1 atom stereocenters. The van der Waals surface area contributed by atoms with Crippen molar-refractivity contribution in [2.24, 2.45) is 11.8 Å². The molecule has 18 heavy (non-hydrogen) atoms. The quantitative estimate of drug-likeness (QED) is 0.747. The SMILES string of the molecule is CCOC(=O)C(C=Cc1cccc(Cl)c1)C(C)C. The van der Waals surface area contributed by atoms with E-state index >= 15 is 0 Å². The summed E-state index contributed by atoms with van der Waals surface area (Å²) >= 11 is 5.91. The van der Waals surface area contributed by atoms with Crippen molar-refractivity contribution in [1.29, 1.82) is 0 Å². The molecule has 0 fully saturated rings. The third-order valence-corrected chi connectivity index (χ3v) is 2.86. The van der Waals surface area contributed by atoms with E-state index in [-0.39, 0.29) is 17.8 Å². The van der Waals surface area contributed by atoms with Gasteiger partial charge in [-0.2, -0.15) is 0 Å². The molecule has 98 valence electrons. The molecule has 1 aromatic carbocycles. The molecule has 1 unspecified atom stereocenters. The monoisotopic (exact) mass is 266 g/mol. The van der Waals surface area contributed by atoms with Gasteiger partial charge in [0.2, 0.25) is 0 Å².